The molecule has 0 fully saturated rings. The van der Waals surface area contributed by atoms with E-state index in [0.29, 0.717) is 0 Å². The van der Waals surface area contributed by atoms with Crippen LogP contribution in [0.4, 0.5) is 0 Å². The van der Waals surface area contributed by atoms with Gasteiger partial charge in [0, 0.05) is 14.2 Å². The van der Waals surface area contributed by atoms with E-state index in [2.05, 4.69) is 0 Å². The number of hydrogen-bond donors (Lipinski definition) is 0. The molecule has 1 atom stereocenters. The van der Waals surface area contributed by atoms with E-state index < -0.39 is 8.03 Å². The Morgan fingerprint density at radius 3 is 2.12 bits per heavy atom. The van der Waals surface area contributed by atoms with Gasteiger partial charge in [0.15, 0.2) is 0 Å². The summed E-state index contributed by atoms with van der Waals surface area (Å²) in [6.45, 7) is 1.25. The van der Waals surface area contributed by atoms with Crippen molar-refractivity contribution in [1.29, 1.82) is 0 Å². The van der Waals surface area contributed by atoms with E-state index in [1.165, 1.54) is 6.92 Å². The van der Waals surface area contributed by atoms with Gasteiger partial charge in [-0.3, -0.25) is 4.79 Å². The van der Waals surface area contributed by atoms with Gasteiger partial charge >= 0.3 is 29.6 Å². The molecule has 0 N–H and O–H groups in total. The Balaban J connectivity index is 0. The van der Waals surface area contributed by atoms with Crippen LogP contribution in [0.3, 0.4) is 0 Å². The monoisotopic (exact) mass is 144 g/mol. The van der Waals surface area contributed by atoms with Gasteiger partial charge in [0.05, 0.1) is 0 Å². The van der Waals surface area contributed by atoms with Crippen LogP contribution in [0.5, 0.6) is 0 Å². The molecule has 3 nitrogen and oxygen atoms in total. The molecular weight excluding hydrogens is 138 g/mol. The molecule has 0 aromatic heterocycles. The average molecular weight is 144 g/mol. The Labute approximate surface area is 70.6 Å². The van der Waals surface area contributed by atoms with Gasteiger partial charge < -0.3 is 9.46 Å². The number of Topliss-reactive ketones (excluding diaryl/α,β-unsaturated/α-hetero) is 1. The minimum absolute atomic E-state index is 0. The zero-order valence-electron chi connectivity index (χ0n) is 4.93. The van der Waals surface area contributed by atoms with Crippen molar-refractivity contribution in [3.8, 4) is 0 Å². The van der Waals surface area contributed by atoms with Crippen molar-refractivity contribution in [3.63, 3.8) is 0 Å². The third kappa shape index (κ3) is 9.97. The van der Waals surface area contributed by atoms with E-state index in [4.69, 9.17) is 0 Å². The Hall–Kier alpha value is 0.860. The predicted octanol–water partition coefficient (Wildman–Crippen LogP) is -3.59. The SMILES string of the molecule is CC(=O)C[PH](=O)[O-].[Na+]. The molecule has 42 valence electrons. The summed E-state index contributed by atoms with van der Waals surface area (Å²) in [5, 5.41) is 0. The maximum atomic E-state index is 9.88. The first-order chi connectivity index (χ1) is 3.13. The summed E-state index contributed by atoms with van der Waals surface area (Å²) in [7, 11) is -2.78. The molecule has 1 unspecified atom stereocenters. The number of carbonyl (C=O) groups excluding carboxylic acids is 1. The number of ketones is 1. The first-order valence-corrected chi connectivity index (χ1v) is 3.34. The summed E-state index contributed by atoms with van der Waals surface area (Å²) in [6.07, 6.45) is -0.287. The van der Waals surface area contributed by atoms with Crippen LogP contribution in [0, 0.1) is 0 Å². The molecule has 0 saturated carbocycles. The van der Waals surface area contributed by atoms with Crippen LogP contribution >= 0.6 is 8.03 Å². The van der Waals surface area contributed by atoms with Gasteiger partial charge in [0.2, 0.25) is 0 Å². The van der Waals surface area contributed by atoms with Gasteiger partial charge in [-0.25, -0.2) is 0 Å². The fourth-order valence-electron chi connectivity index (χ4n) is 0.203. The van der Waals surface area contributed by atoms with E-state index in [-0.39, 0.29) is 41.5 Å². The van der Waals surface area contributed by atoms with Crippen LogP contribution in [-0.4, -0.2) is 11.9 Å². The molecular formula is C3H6NaO3P. The van der Waals surface area contributed by atoms with E-state index in [9.17, 15) is 14.3 Å². The molecule has 0 amide bonds. The summed E-state index contributed by atoms with van der Waals surface area (Å²) in [5.74, 6) is -0.293. The molecule has 5 heteroatoms. The zero-order valence-corrected chi connectivity index (χ0v) is 7.93. The number of rotatable bonds is 2. The van der Waals surface area contributed by atoms with Gasteiger partial charge in [-0.05, 0) is 6.92 Å². The first kappa shape index (κ1) is 11.6. The van der Waals surface area contributed by atoms with Crippen molar-refractivity contribution in [2.45, 2.75) is 6.92 Å². The topological polar surface area (TPSA) is 57.2 Å². The Morgan fingerprint density at radius 2 is 2.12 bits per heavy atom. The number of hydrogen-bond acceptors (Lipinski definition) is 3. The van der Waals surface area contributed by atoms with Gasteiger partial charge in [0.25, 0.3) is 0 Å². The van der Waals surface area contributed by atoms with Crippen molar-refractivity contribution in [3.05, 3.63) is 0 Å². The fraction of sp³-hybridized carbons (Fsp3) is 0.667. The van der Waals surface area contributed by atoms with Crippen LogP contribution in [0.25, 0.3) is 0 Å². The van der Waals surface area contributed by atoms with E-state index >= 15 is 0 Å². The Bertz CT molecular complexity index is 90.7. The molecule has 0 aliphatic carbocycles. The maximum absolute atomic E-state index is 9.88. The van der Waals surface area contributed by atoms with Gasteiger partial charge in [-0.15, -0.1) is 0 Å². The molecule has 0 aromatic carbocycles. The molecule has 0 saturated heterocycles. The largest absolute Gasteiger partial charge is 1.00 e. The summed E-state index contributed by atoms with van der Waals surface area (Å²) in [6, 6.07) is 0. The minimum Gasteiger partial charge on any atom is -0.801 e. The van der Waals surface area contributed by atoms with Crippen molar-refractivity contribution >= 4 is 13.8 Å². The summed E-state index contributed by atoms with van der Waals surface area (Å²) in [5.41, 5.74) is 0. The molecule has 0 aliphatic rings. The molecule has 0 spiro atoms. The normalized spacial score (nSPS) is 11.8. The predicted molar refractivity (Wildman–Crippen MR) is 24.5 cm³/mol. The molecule has 0 bridgehead atoms. The summed E-state index contributed by atoms with van der Waals surface area (Å²) >= 11 is 0. The quantitative estimate of drug-likeness (QED) is 0.297. The van der Waals surface area contributed by atoms with Crippen molar-refractivity contribution in [2.24, 2.45) is 0 Å². The Kier molecular flexibility index (Phi) is 8.70. The van der Waals surface area contributed by atoms with Crippen LogP contribution < -0.4 is 34.5 Å². The summed E-state index contributed by atoms with van der Waals surface area (Å²) in [4.78, 5) is 19.5. The maximum Gasteiger partial charge on any atom is 1.00 e. The molecule has 0 rings (SSSR count). The molecule has 8 heavy (non-hydrogen) atoms. The van der Waals surface area contributed by atoms with Crippen LogP contribution in [0.2, 0.25) is 0 Å². The second-order valence-electron chi connectivity index (χ2n) is 1.25. The fourth-order valence-corrected chi connectivity index (χ4v) is 0.610. The van der Waals surface area contributed by atoms with Crippen molar-refractivity contribution in [2.75, 3.05) is 6.16 Å². The minimum atomic E-state index is -2.78. The molecule has 0 radical (unpaired) electrons. The standard InChI is InChI=1S/C3H7O3P.Na/c1-3(4)2-7(5)6;/h7H,2H2,1H3,(H,5,6);/q;+1/p-1. The van der Waals surface area contributed by atoms with Gasteiger partial charge in [-0.1, -0.05) is 0 Å². The third-order valence-corrected chi connectivity index (χ3v) is 1.18. The third-order valence-electron chi connectivity index (χ3n) is 0.393. The molecule has 0 aromatic rings. The van der Waals surface area contributed by atoms with Crippen LogP contribution in [-0.2, 0) is 9.36 Å². The van der Waals surface area contributed by atoms with Crippen LogP contribution in [0.1, 0.15) is 6.92 Å². The second-order valence-corrected chi connectivity index (χ2v) is 2.35. The van der Waals surface area contributed by atoms with E-state index in [1.54, 1.807) is 0 Å². The van der Waals surface area contributed by atoms with Gasteiger partial charge in [-0.2, -0.15) is 0 Å². The van der Waals surface area contributed by atoms with Crippen LogP contribution in [0.15, 0.2) is 0 Å². The average Bonchev–Trinajstić information content (AvgIpc) is 1.27. The second kappa shape index (κ2) is 5.99. The van der Waals surface area contributed by atoms with E-state index in [0.717, 1.165) is 0 Å². The molecule has 0 aliphatic heterocycles. The van der Waals surface area contributed by atoms with Crippen molar-refractivity contribution < 1.29 is 43.8 Å². The van der Waals surface area contributed by atoms with Crippen molar-refractivity contribution in [1.82, 2.24) is 0 Å². The van der Waals surface area contributed by atoms with E-state index in [1.807, 2.05) is 0 Å². The smallest absolute Gasteiger partial charge is 0.801 e. The molecule has 0 heterocycles. The summed E-state index contributed by atoms with van der Waals surface area (Å²) < 4.78 is 9.66. The first-order valence-electron chi connectivity index (χ1n) is 1.82. The number of carbonyl (C=O) groups is 1. The van der Waals surface area contributed by atoms with Gasteiger partial charge in [0.1, 0.15) is 5.78 Å². The zero-order chi connectivity index (χ0) is 5.86. The Morgan fingerprint density at radius 1 is 1.75 bits per heavy atom.